The van der Waals surface area contributed by atoms with Crippen LogP contribution in [-0.4, -0.2) is 16.3 Å². The summed E-state index contributed by atoms with van der Waals surface area (Å²) in [6.07, 6.45) is 0. The molecule has 0 bridgehead atoms. The summed E-state index contributed by atoms with van der Waals surface area (Å²) in [5, 5.41) is 6.26. The minimum Gasteiger partial charge on any atom is -0.385 e. The van der Waals surface area contributed by atoms with Crippen LogP contribution in [0.1, 0.15) is 5.56 Å². The molecule has 0 saturated heterocycles. The smallest absolute Gasteiger partial charge is 0.135 e. The lowest BCUT2D eigenvalue weighted by atomic mass is 10.2. The van der Waals surface area contributed by atoms with Crippen molar-refractivity contribution in [2.24, 2.45) is 10.8 Å². The van der Waals surface area contributed by atoms with Crippen LogP contribution in [0.3, 0.4) is 0 Å². The van der Waals surface area contributed by atoms with Gasteiger partial charge in [0.25, 0.3) is 0 Å². The molecule has 1 unspecified atom stereocenters. The standard InChI is InChI=1S/C10H12IN3/c1-7-3-2-4-8(5-7)14-6-9(11)10(12)13-14/h2-5,9H,6H2,1H3,(H2,12,13). The highest BCUT2D eigenvalue weighted by molar-refractivity contribution is 14.1. The molecule has 2 rings (SSSR count). The number of rotatable bonds is 1. The summed E-state index contributed by atoms with van der Waals surface area (Å²) < 4.78 is 0.327. The van der Waals surface area contributed by atoms with Crippen molar-refractivity contribution in [1.29, 1.82) is 0 Å². The van der Waals surface area contributed by atoms with E-state index in [0.29, 0.717) is 9.76 Å². The highest BCUT2D eigenvalue weighted by Crippen LogP contribution is 2.22. The third-order valence-corrected chi connectivity index (χ3v) is 3.22. The maximum atomic E-state index is 5.74. The molecular formula is C10H12IN3. The van der Waals surface area contributed by atoms with Crippen molar-refractivity contribution >= 4 is 34.1 Å². The van der Waals surface area contributed by atoms with E-state index in [9.17, 15) is 0 Å². The molecule has 0 aromatic heterocycles. The first-order valence-electron chi connectivity index (χ1n) is 4.49. The summed E-state index contributed by atoms with van der Waals surface area (Å²) in [7, 11) is 0. The molecule has 1 heterocycles. The number of nitrogens with two attached hydrogens (primary N) is 1. The average Bonchev–Trinajstić information content (AvgIpc) is 2.47. The first kappa shape index (κ1) is 9.76. The number of aryl methyl sites for hydroxylation is 1. The first-order valence-corrected chi connectivity index (χ1v) is 5.73. The van der Waals surface area contributed by atoms with E-state index in [0.717, 1.165) is 12.2 Å². The van der Waals surface area contributed by atoms with Crippen molar-refractivity contribution in [3.8, 4) is 0 Å². The Bertz CT molecular complexity index is 375. The zero-order chi connectivity index (χ0) is 10.1. The van der Waals surface area contributed by atoms with Gasteiger partial charge in [-0.3, -0.25) is 5.01 Å². The van der Waals surface area contributed by atoms with Gasteiger partial charge in [-0.15, -0.1) is 0 Å². The van der Waals surface area contributed by atoms with Crippen molar-refractivity contribution in [2.75, 3.05) is 11.6 Å². The molecule has 74 valence electrons. The van der Waals surface area contributed by atoms with Crippen LogP contribution in [0.15, 0.2) is 29.4 Å². The number of hydrogen-bond donors (Lipinski definition) is 1. The summed E-state index contributed by atoms with van der Waals surface area (Å²) in [5.74, 6) is 0.715. The minimum atomic E-state index is 0.327. The number of amidine groups is 1. The zero-order valence-electron chi connectivity index (χ0n) is 7.94. The molecule has 0 aliphatic carbocycles. The van der Waals surface area contributed by atoms with Gasteiger partial charge in [0.05, 0.1) is 16.2 Å². The Balaban J connectivity index is 2.26. The lowest BCUT2D eigenvalue weighted by molar-refractivity contribution is 0.936. The van der Waals surface area contributed by atoms with E-state index in [-0.39, 0.29) is 0 Å². The van der Waals surface area contributed by atoms with E-state index in [1.54, 1.807) is 0 Å². The number of nitrogens with zero attached hydrogens (tertiary/aromatic N) is 2. The quantitative estimate of drug-likeness (QED) is 0.636. The van der Waals surface area contributed by atoms with Crippen molar-refractivity contribution < 1.29 is 0 Å². The summed E-state index contributed by atoms with van der Waals surface area (Å²) >= 11 is 2.31. The van der Waals surface area contributed by atoms with Crippen LogP contribution < -0.4 is 10.7 Å². The molecule has 1 aromatic carbocycles. The topological polar surface area (TPSA) is 41.6 Å². The second kappa shape index (κ2) is 3.76. The van der Waals surface area contributed by atoms with Crippen LogP contribution in [0.4, 0.5) is 5.69 Å². The minimum absolute atomic E-state index is 0.327. The molecular weight excluding hydrogens is 289 g/mol. The van der Waals surface area contributed by atoms with Gasteiger partial charge in [0, 0.05) is 0 Å². The molecule has 1 aliphatic heterocycles. The third kappa shape index (κ3) is 1.84. The highest BCUT2D eigenvalue weighted by atomic mass is 127. The van der Waals surface area contributed by atoms with Crippen LogP contribution in [0, 0.1) is 6.92 Å². The van der Waals surface area contributed by atoms with Crippen molar-refractivity contribution in [2.45, 2.75) is 10.8 Å². The van der Waals surface area contributed by atoms with Crippen molar-refractivity contribution in [3.05, 3.63) is 29.8 Å². The van der Waals surface area contributed by atoms with E-state index in [1.807, 2.05) is 11.1 Å². The van der Waals surface area contributed by atoms with E-state index >= 15 is 0 Å². The van der Waals surface area contributed by atoms with Gasteiger partial charge in [0.1, 0.15) is 5.84 Å². The largest absolute Gasteiger partial charge is 0.385 e. The fourth-order valence-electron chi connectivity index (χ4n) is 1.44. The van der Waals surface area contributed by atoms with Gasteiger partial charge in [0.15, 0.2) is 0 Å². The molecule has 1 aliphatic rings. The number of benzene rings is 1. The summed E-state index contributed by atoms with van der Waals surface area (Å²) in [6, 6.07) is 8.29. The summed E-state index contributed by atoms with van der Waals surface area (Å²) in [6.45, 7) is 2.95. The van der Waals surface area contributed by atoms with Crippen LogP contribution >= 0.6 is 22.6 Å². The number of halogens is 1. The van der Waals surface area contributed by atoms with Gasteiger partial charge in [-0.1, -0.05) is 34.7 Å². The predicted octanol–water partition coefficient (Wildman–Crippen LogP) is 1.89. The molecule has 0 spiro atoms. The molecule has 0 saturated carbocycles. The lowest BCUT2D eigenvalue weighted by Crippen LogP contribution is -2.22. The second-order valence-electron chi connectivity index (χ2n) is 3.41. The Morgan fingerprint density at radius 1 is 1.57 bits per heavy atom. The van der Waals surface area contributed by atoms with E-state index < -0.39 is 0 Å². The molecule has 0 fully saturated rings. The van der Waals surface area contributed by atoms with Crippen LogP contribution in [0.25, 0.3) is 0 Å². The monoisotopic (exact) mass is 301 g/mol. The number of anilines is 1. The Morgan fingerprint density at radius 2 is 2.36 bits per heavy atom. The molecule has 0 amide bonds. The van der Waals surface area contributed by atoms with Gasteiger partial charge in [0.2, 0.25) is 0 Å². The molecule has 1 aromatic rings. The van der Waals surface area contributed by atoms with Crippen LogP contribution in [0.5, 0.6) is 0 Å². The van der Waals surface area contributed by atoms with Crippen molar-refractivity contribution in [1.82, 2.24) is 0 Å². The average molecular weight is 301 g/mol. The fourth-order valence-corrected chi connectivity index (χ4v) is 1.94. The van der Waals surface area contributed by atoms with Gasteiger partial charge in [-0.2, -0.15) is 5.10 Å². The number of hydrazone groups is 1. The fraction of sp³-hybridized carbons (Fsp3) is 0.300. The summed E-state index contributed by atoms with van der Waals surface area (Å²) in [4.78, 5) is 0. The zero-order valence-corrected chi connectivity index (χ0v) is 10.1. The van der Waals surface area contributed by atoms with Crippen LogP contribution in [0.2, 0.25) is 0 Å². The van der Waals surface area contributed by atoms with E-state index in [4.69, 9.17) is 5.73 Å². The van der Waals surface area contributed by atoms with Gasteiger partial charge in [-0.05, 0) is 24.6 Å². The molecule has 4 heteroatoms. The van der Waals surface area contributed by atoms with Crippen LogP contribution in [-0.2, 0) is 0 Å². The van der Waals surface area contributed by atoms with E-state index in [1.165, 1.54) is 5.56 Å². The number of hydrogen-bond acceptors (Lipinski definition) is 3. The SMILES string of the molecule is Cc1cccc(N2CC(I)C(N)=N2)c1. The molecule has 0 radical (unpaired) electrons. The third-order valence-electron chi connectivity index (χ3n) is 2.19. The molecule has 2 N–H and O–H groups in total. The Hall–Kier alpha value is -0.780. The maximum Gasteiger partial charge on any atom is 0.135 e. The predicted molar refractivity (Wildman–Crippen MR) is 68.0 cm³/mol. The second-order valence-corrected chi connectivity index (χ2v) is 4.92. The Labute approximate surface area is 97.1 Å². The maximum absolute atomic E-state index is 5.74. The Morgan fingerprint density at radius 3 is 2.93 bits per heavy atom. The lowest BCUT2D eigenvalue weighted by Gasteiger charge is -2.14. The first-order chi connectivity index (χ1) is 6.66. The summed E-state index contributed by atoms with van der Waals surface area (Å²) in [5.41, 5.74) is 8.11. The Kier molecular flexibility index (Phi) is 2.62. The molecule has 3 nitrogen and oxygen atoms in total. The normalized spacial score (nSPS) is 21.1. The van der Waals surface area contributed by atoms with Gasteiger partial charge < -0.3 is 5.73 Å². The molecule has 1 atom stereocenters. The van der Waals surface area contributed by atoms with E-state index in [2.05, 4.69) is 52.8 Å². The molecule has 14 heavy (non-hydrogen) atoms. The van der Waals surface area contributed by atoms with Gasteiger partial charge >= 0.3 is 0 Å². The number of alkyl halides is 1. The van der Waals surface area contributed by atoms with Crippen molar-refractivity contribution in [3.63, 3.8) is 0 Å². The highest BCUT2D eigenvalue weighted by Gasteiger charge is 2.22. The van der Waals surface area contributed by atoms with Gasteiger partial charge in [-0.25, -0.2) is 0 Å².